The van der Waals surface area contributed by atoms with Gasteiger partial charge in [-0.15, -0.1) is 0 Å². The van der Waals surface area contributed by atoms with E-state index in [4.69, 9.17) is 23.0 Å². The van der Waals surface area contributed by atoms with Crippen molar-refractivity contribution < 1.29 is 27.8 Å². The Hall–Kier alpha value is -3.06. The lowest BCUT2D eigenvalue weighted by molar-refractivity contribution is -0.147. The van der Waals surface area contributed by atoms with Crippen LogP contribution in [0.15, 0.2) is 56.3 Å². The molecule has 0 unspecified atom stereocenters. The first-order valence-electron chi connectivity index (χ1n) is 7.58. The van der Waals surface area contributed by atoms with Crippen LogP contribution in [0.1, 0.15) is 0 Å². The van der Waals surface area contributed by atoms with Crippen LogP contribution in [0.4, 0.5) is 0 Å². The summed E-state index contributed by atoms with van der Waals surface area (Å²) in [6.07, 6.45) is 1.45. The van der Waals surface area contributed by atoms with Crippen molar-refractivity contribution >= 4 is 16.9 Å². The van der Waals surface area contributed by atoms with E-state index in [-0.39, 0.29) is 24.7 Å². The minimum absolute atomic E-state index is 0.0997. The zero-order valence-corrected chi connectivity index (χ0v) is 13.5. The van der Waals surface area contributed by atoms with Crippen molar-refractivity contribution in [1.82, 2.24) is 0 Å². The summed E-state index contributed by atoms with van der Waals surface area (Å²) in [7, 11) is 1.50. The van der Waals surface area contributed by atoms with E-state index in [0.717, 1.165) is 0 Å². The molecule has 0 aliphatic heterocycles. The van der Waals surface area contributed by atoms with Gasteiger partial charge in [0.15, 0.2) is 12.4 Å². The number of para-hydroxylation sites is 1. The van der Waals surface area contributed by atoms with Gasteiger partial charge in [-0.2, -0.15) is 0 Å². The first-order chi connectivity index (χ1) is 12.2. The Kier molecular flexibility index (Phi) is 5.15. The molecule has 7 heteroatoms. The van der Waals surface area contributed by atoms with Crippen LogP contribution < -0.4 is 10.2 Å². The number of fused-ring (bicyclic) bond motifs is 1. The smallest absolute Gasteiger partial charge is 0.344 e. The molecule has 0 aliphatic rings. The van der Waals surface area contributed by atoms with Crippen molar-refractivity contribution in [3.63, 3.8) is 0 Å². The SMILES string of the molecule is COCCOC(=O)COc1c(-c2ccco2)oc2ccccc2c1=O. The molecule has 0 spiro atoms. The van der Waals surface area contributed by atoms with Gasteiger partial charge in [-0.1, -0.05) is 12.1 Å². The van der Waals surface area contributed by atoms with E-state index in [1.165, 1.54) is 13.4 Å². The van der Waals surface area contributed by atoms with Gasteiger partial charge in [0.25, 0.3) is 0 Å². The number of furan rings is 1. The number of carbonyl (C=O) groups is 1. The number of benzene rings is 1. The topological polar surface area (TPSA) is 88.1 Å². The van der Waals surface area contributed by atoms with E-state index in [1.807, 2.05) is 0 Å². The molecule has 130 valence electrons. The van der Waals surface area contributed by atoms with Gasteiger partial charge in [-0.3, -0.25) is 4.79 Å². The summed E-state index contributed by atoms with van der Waals surface area (Å²) in [6.45, 7) is -0.0436. The summed E-state index contributed by atoms with van der Waals surface area (Å²) in [5.41, 5.74) is 0.00635. The van der Waals surface area contributed by atoms with E-state index in [2.05, 4.69) is 0 Å². The highest BCUT2D eigenvalue weighted by Gasteiger charge is 2.20. The third-order valence-electron chi connectivity index (χ3n) is 3.39. The van der Waals surface area contributed by atoms with Gasteiger partial charge in [0.1, 0.15) is 12.2 Å². The van der Waals surface area contributed by atoms with Crippen LogP contribution in [0.3, 0.4) is 0 Å². The molecule has 2 heterocycles. The predicted molar refractivity (Wildman–Crippen MR) is 88.5 cm³/mol. The largest absolute Gasteiger partial charge is 0.474 e. The van der Waals surface area contributed by atoms with Crippen LogP contribution in [-0.4, -0.2) is 32.9 Å². The maximum atomic E-state index is 12.7. The zero-order valence-electron chi connectivity index (χ0n) is 13.5. The highest BCUT2D eigenvalue weighted by Crippen LogP contribution is 2.31. The molecule has 0 saturated heterocycles. The Morgan fingerprint density at radius 1 is 1.12 bits per heavy atom. The molecule has 0 atom stereocenters. The summed E-state index contributed by atoms with van der Waals surface area (Å²) in [5.74, 6) is -0.267. The molecule has 0 amide bonds. The van der Waals surface area contributed by atoms with Crippen molar-refractivity contribution in [1.29, 1.82) is 0 Å². The second-order valence-corrected chi connectivity index (χ2v) is 5.06. The summed E-state index contributed by atoms with van der Waals surface area (Å²) < 4.78 is 26.2. The van der Waals surface area contributed by atoms with Crippen molar-refractivity contribution in [2.45, 2.75) is 0 Å². The summed E-state index contributed by atoms with van der Waals surface area (Å²) in [5, 5.41) is 0.348. The normalized spacial score (nSPS) is 10.8. The van der Waals surface area contributed by atoms with Gasteiger partial charge in [-0.25, -0.2) is 4.79 Å². The second kappa shape index (κ2) is 7.67. The third kappa shape index (κ3) is 3.72. The van der Waals surface area contributed by atoms with Crippen LogP contribution in [-0.2, 0) is 14.3 Å². The molecule has 0 saturated carbocycles. The molecule has 3 rings (SSSR count). The van der Waals surface area contributed by atoms with Gasteiger partial charge in [0.2, 0.25) is 16.9 Å². The fraction of sp³-hybridized carbons (Fsp3) is 0.222. The minimum Gasteiger partial charge on any atom is -0.474 e. The molecule has 0 N–H and O–H groups in total. The third-order valence-corrected chi connectivity index (χ3v) is 3.39. The minimum atomic E-state index is -0.616. The second-order valence-electron chi connectivity index (χ2n) is 5.06. The molecular formula is C18H16O7. The summed E-state index contributed by atoms with van der Waals surface area (Å²) in [6, 6.07) is 10.1. The van der Waals surface area contributed by atoms with Crippen molar-refractivity contribution in [3.05, 3.63) is 52.9 Å². The lowest BCUT2D eigenvalue weighted by atomic mass is 10.2. The molecule has 7 nitrogen and oxygen atoms in total. The van der Waals surface area contributed by atoms with Gasteiger partial charge < -0.3 is 23.0 Å². The fourth-order valence-electron chi connectivity index (χ4n) is 2.24. The Labute approximate surface area is 142 Å². The maximum Gasteiger partial charge on any atom is 0.344 e. The van der Waals surface area contributed by atoms with Gasteiger partial charge in [0, 0.05) is 7.11 Å². The van der Waals surface area contributed by atoms with E-state index in [1.54, 1.807) is 36.4 Å². The van der Waals surface area contributed by atoms with E-state index in [9.17, 15) is 9.59 Å². The zero-order chi connectivity index (χ0) is 17.6. The Balaban J connectivity index is 1.92. The molecule has 0 aliphatic carbocycles. The van der Waals surface area contributed by atoms with Gasteiger partial charge in [-0.05, 0) is 24.3 Å². The van der Waals surface area contributed by atoms with Crippen molar-refractivity contribution in [3.8, 4) is 17.3 Å². The first kappa shape index (κ1) is 16.8. The fourth-order valence-corrected chi connectivity index (χ4v) is 2.24. The van der Waals surface area contributed by atoms with Crippen LogP contribution in [0.25, 0.3) is 22.5 Å². The number of hydrogen-bond acceptors (Lipinski definition) is 7. The Bertz CT molecular complexity index is 909. The number of esters is 1. The van der Waals surface area contributed by atoms with Crippen molar-refractivity contribution in [2.75, 3.05) is 26.9 Å². The molecule has 1 aromatic carbocycles. The molecule has 2 aromatic heterocycles. The molecule has 3 aromatic rings. The molecule has 0 bridgehead atoms. The highest BCUT2D eigenvalue weighted by molar-refractivity contribution is 5.81. The molecule has 25 heavy (non-hydrogen) atoms. The van der Waals surface area contributed by atoms with Crippen LogP contribution in [0.5, 0.6) is 5.75 Å². The van der Waals surface area contributed by atoms with Gasteiger partial charge in [0.05, 0.1) is 18.3 Å². The van der Waals surface area contributed by atoms with Crippen LogP contribution >= 0.6 is 0 Å². The Morgan fingerprint density at radius 3 is 2.72 bits per heavy atom. The molecule has 0 radical (unpaired) electrons. The number of hydrogen-bond donors (Lipinski definition) is 0. The highest BCUT2D eigenvalue weighted by atomic mass is 16.6. The molecular weight excluding hydrogens is 328 g/mol. The van der Waals surface area contributed by atoms with E-state index in [0.29, 0.717) is 16.7 Å². The number of methoxy groups -OCH3 is 1. The average Bonchev–Trinajstić information content (AvgIpc) is 3.15. The predicted octanol–water partition coefficient (Wildman–Crippen LogP) is 2.62. The maximum absolute atomic E-state index is 12.7. The number of ether oxygens (including phenoxy) is 3. The lowest BCUT2D eigenvalue weighted by Gasteiger charge is -2.10. The van der Waals surface area contributed by atoms with Gasteiger partial charge >= 0.3 is 5.97 Å². The summed E-state index contributed by atoms with van der Waals surface area (Å²) >= 11 is 0. The average molecular weight is 344 g/mol. The lowest BCUT2D eigenvalue weighted by Crippen LogP contribution is -2.20. The number of carbonyl (C=O) groups excluding carboxylic acids is 1. The quantitative estimate of drug-likeness (QED) is 0.481. The first-order valence-corrected chi connectivity index (χ1v) is 7.58. The summed E-state index contributed by atoms with van der Waals surface area (Å²) in [4.78, 5) is 24.4. The van der Waals surface area contributed by atoms with Crippen LogP contribution in [0, 0.1) is 0 Å². The number of rotatable bonds is 7. The van der Waals surface area contributed by atoms with E-state index >= 15 is 0 Å². The van der Waals surface area contributed by atoms with E-state index < -0.39 is 18.0 Å². The van der Waals surface area contributed by atoms with Crippen LogP contribution in [0.2, 0.25) is 0 Å². The standard InChI is InChI=1S/C18H16O7/c1-21-9-10-23-15(19)11-24-18-16(20)12-5-2-3-6-13(12)25-17(18)14-7-4-8-22-14/h2-8H,9-11H2,1H3. The molecule has 0 fully saturated rings. The van der Waals surface area contributed by atoms with Crippen molar-refractivity contribution in [2.24, 2.45) is 0 Å². The monoisotopic (exact) mass is 344 g/mol. The Morgan fingerprint density at radius 2 is 1.96 bits per heavy atom.